The first kappa shape index (κ1) is 14.3. The molecule has 0 saturated carbocycles. The summed E-state index contributed by atoms with van der Waals surface area (Å²) in [6, 6.07) is 6.36. The van der Waals surface area contributed by atoms with E-state index >= 15 is 0 Å². The summed E-state index contributed by atoms with van der Waals surface area (Å²) in [6.45, 7) is 7.44. The topological polar surface area (TPSA) is 63.4 Å². The lowest BCUT2D eigenvalue weighted by molar-refractivity contribution is 0.869. The van der Waals surface area contributed by atoms with E-state index < -0.39 is 10.9 Å². The van der Waals surface area contributed by atoms with Crippen molar-refractivity contribution in [2.45, 2.75) is 40.3 Å². The van der Waals surface area contributed by atoms with Gasteiger partial charge in [0.05, 0.1) is 0 Å². The molecule has 106 valence electrons. The van der Waals surface area contributed by atoms with Crippen molar-refractivity contribution in [2.75, 3.05) is 10.6 Å². The second kappa shape index (κ2) is 5.49. The van der Waals surface area contributed by atoms with Gasteiger partial charge in [0.25, 0.3) is 10.9 Å². The highest BCUT2D eigenvalue weighted by Crippen LogP contribution is 2.29. The maximum Gasteiger partial charge on any atom is 0.253 e. The van der Waals surface area contributed by atoms with E-state index in [4.69, 9.17) is 5.73 Å². The summed E-state index contributed by atoms with van der Waals surface area (Å²) < 4.78 is 0. The van der Waals surface area contributed by atoms with Crippen LogP contribution in [0.4, 0.5) is 11.4 Å². The Hall–Kier alpha value is -2.10. The monoisotopic (exact) mass is 272 g/mol. The fourth-order valence-corrected chi connectivity index (χ4v) is 2.54. The van der Waals surface area contributed by atoms with Gasteiger partial charge in [-0.15, -0.1) is 0 Å². The van der Waals surface area contributed by atoms with Crippen LogP contribution in [0.2, 0.25) is 0 Å². The zero-order chi connectivity index (χ0) is 14.9. The maximum atomic E-state index is 11.5. The summed E-state index contributed by atoms with van der Waals surface area (Å²) >= 11 is 0. The Balaban J connectivity index is 0.000000704. The van der Waals surface area contributed by atoms with Crippen molar-refractivity contribution in [3.05, 3.63) is 55.3 Å². The van der Waals surface area contributed by atoms with E-state index in [1.165, 1.54) is 16.7 Å². The molecule has 2 aromatic carbocycles. The number of fused-ring (bicyclic) bond motifs is 1. The predicted octanol–water partition coefficient (Wildman–Crippen LogP) is 1.97. The number of benzene rings is 1. The minimum atomic E-state index is -0.546. The molecule has 2 N–H and O–H groups in total. The third kappa shape index (κ3) is 2.11. The zero-order valence-corrected chi connectivity index (χ0v) is 12.2. The Bertz CT molecular complexity index is 697. The van der Waals surface area contributed by atoms with Crippen molar-refractivity contribution in [2.24, 2.45) is 0 Å². The SMILES string of the molecule is CC.CCc1ccc2c(c1)CN(c1c(N)c(=O)c1=O)C2. The molecule has 0 aromatic heterocycles. The Kier molecular flexibility index (Phi) is 3.93. The number of nitrogens with two attached hydrogens (primary N) is 1. The average molecular weight is 272 g/mol. The molecule has 0 spiro atoms. The molecule has 0 bridgehead atoms. The van der Waals surface area contributed by atoms with Gasteiger partial charge >= 0.3 is 0 Å². The summed E-state index contributed by atoms with van der Waals surface area (Å²) in [5.74, 6) is 0. The standard InChI is InChI=1S/C14H14N2O2.C2H6/c1-2-8-3-4-9-6-16(7-10(9)5-8)12-11(15)13(17)14(12)18;1-2/h3-5H,2,6-7,15H2,1H3;1-2H3. The molecule has 0 fully saturated rings. The quantitative estimate of drug-likeness (QED) is 0.849. The normalized spacial score (nSPS) is 13.1. The van der Waals surface area contributed by atoms with Gasteiger partial charge in [-0.25, -0.2) is 0 Å². The average Bonchev–Trinajstić information content (AvgIpc) is 2.90. The van der Waals surface area contributed by atoms with Gasteiger partial charge in [0.15, 0.2) is 0 Å². The first-order valence-electron chi connectivity index (χ1n) is 7.06. The molecule has 1 aliphatic heterocycles. The van der Waals surface area contributed by atoms with Gasteiger partial charge < -0.3 is 10.6 Å². The molecule has 1 heterocycles. The van der Waals surface area contributed by atoms with E-state index in [0.717, 1.165) is 6.42 Å². The number of rotatable bonds is 2. The van der Waals surface area contributed by atoms with Crippen LogP contribution in [0.1, 0.15) is 37.5 Å². The van der Waals surface area contributed by atoms with E-state index in [1.54, 1.807) is 0 Å². The number of hydrogen-bond acceptors (Lipinski definition) is 4. The van der Waals surface area contributed by atoms with Gasteiger partial charge in [0, 0.05) is 13.1 Å². The van der Waals surface area contributed by atoms with Crippen LogP contribution in [0.25, 0.3) is 0 Å². The predicted molar refractivity (Wildman–Crippen MR) is 82.8 cm³/mol. The number of nitrogens with zero attached hydrogens (tertiary/aromatic N) is 1. The highest BCUT2D eigenvalue weighted by atomic mass is 16.2. The lowest BCUT2D eigenvalue weighted by atomic mass is 10.1. The lowest BCUT2D eigenvalue weighted by Gasteiger charge is -2.19. The molecule has 1 aliphatic rings. The largest absolute Gasteiger partial charge is 0.394 e. The van der Waals surface area contributed by atoms with Crippen LogP contribution in [0, 0.1) is 0 Å². The Morgan fingerprint density at radius 2 is 1.75 bits per heavy atom. The molecule has 0 amide bonds. The first-order chi connectivity index (χ1) is 9.61. The smallest absolute Gasteiger partial charge is 0.253 e. The van der Waals surface area contributed by atoms with E-state index in [9.17, 15) is 9.59 Å². The van der Waals surface area contributed by atoms with E-state index in [1.807, 2.05) is 18.7 Å². The van der Waals surface area contributed by atoms with Gasteiger partial charge in [0.2, 0.25) is 0 Å². The lowest BCUT2D eigenvalue weighted by Crippen LogP contribution is -2.40. The van der Waals surface area contributed by atoms with E-state index in [0.29, 0.717) is 18.8 Å². The van der Waals surface area contributed by atoms with Crippen molar-refractivity contribution in [3.63, 3.8) is 0 Å². The fourth-order valence-electron chi connectivity index (χ4n) is 2.54. The highest BCUT2D eigenvalue weighted by molar-refractivity contribution is 5.73. The van der Waals surface area contributed by atoms with Gasteiger partial charge in [-0.2, -0.15) is 0 Å². The summed E-state index contributed by atoms with van der Waals surface area (Å²) in [7, 11) is 0. The molecule has 4 nitrogen and oxygen atoms in total. The molecule has 0 atom stereocenters. The molecule has 0 radical (unpaired) electrons. The minimum Gasteiger partial charge on any atom is -0.394 e. The van der Waals surface area contributed by atoms with Crippen LogP contribution in [0.15, 0.2) is 27.8 Å². The molecule has 20 heavy (non-hydrogen) atoms. The fraction of sp³-hybridized carbons (Fsp3) is 0.375. The molecule has 0 aliphatic carbocycles. The first-order valence-corrected chi connectivity index (χ1v) is 7.06. The van der Waals surface area contributed by atoms with Crippen LogP contribution < -0.4 is 21.5 Å². The molecule has 0 saturated heterocycles. The van der Waals surface area contributed by atoms with Crippen LogP contribution >= 0.6 is 0 Å². The number of aryl methyl sites for hydroxylation is 1. The van der Waals surface area contributed by atoms with Gasteiger partial charge in [-0.05, 0) is 23.1 Å². The highest BCUT2D eigenvalue weighted by Gasteiger charge is 2.28. The molecular formula is C16H20N2O2. The van der Waals surface area contributed by atoms with Crippen LogP contribution in [-0.2, 0) is 19.5 Å². The Morgan fingerprint density at radius 1 is 1.10 bits per heavy atom. The zero-order valence-electron chi connectivity index (χ0n) is 12.2. The van der Waals surface area contributed by atoms with Gasteiger partial charge in [0.1, 0.15) is 11.4 Å². The number of hydrogen-bond donors (Lipinski definition) is 1. The van der Waals surface area contributed by atoms with Crippen molar-refractivity contribution < 1.29 is 0 Å². The maximum absolute atomic E-state index is 11.5. The summed E-state index contributed by atoms with van der Waals surface area (Å²) in [6.07, 6.45) is 0.996. The number of nitrogen functional groups attached to an aromatic ring is 1. The van der Waals surface area contributed by atoms with Crippen LogP contribution in [-0.4, -0.2) is 0 Å². The Morgan fingerprint density at radius 3 is 2.35 bits per heavy atom. The second-order valence-corrected chi connectivity index (χ2v) is 4.73. The van der Waals surface area contributed by atoms with Crippen molar-refractivity contribution in [3.8, 4) is 0 Å². The van der Waals surface area contributed by atoms with Crippen molar-refractivity contribution in [1.82, 2.24) is 0 Å². The minimum absolute atomic E-state index is 0.114. The molecule has 3 rings (SSSR count). The molecule has 4 heteroatoms. The van der Waals surface area contributed by atoms with Crippen molar-refractivity contribution in [1.29, 1.82) is 0 Å². The molecule has 2 aromatic rings. The summed E-state index contributed by atoms with van der Waals surface area (Å²) in [5, 5.41) is 0. The van der Waals surface area contributed by atoms with Crippen LogP contribution in [0.3, 0.4) is 0 Å². The molecular weight excluding hydrogens is 252 g/mol. The van der Waals surface area contributed by atoms with Crippen LogP contribution in [0.5, 0.6) is 0 Å². The second-order valence-electron chi connectivity index (χ2n) is 4.73. The third-order valence-corrected chi connectivity index (χ3v) is 3.64. The van der Waals surface area contributed by atoms with E-state index in [2.05, 4.69) is 25.1 Å². The van der Waals surface area contributed by atoms with E-state index in [-0.39, 0.29) is 5.69 Å². The van der Waals surface area contributed by atoms with Gasteiger partial charge in [-0.1, -0.05) is 39.0 Å². The van der Waals surface area contributed by atoms with Crippen molar-refractivity contribution >= 4 is 11.4 Å². The molecule has 0 unspecified atom stereocenters. The Labute approximate surface area is 118 Å². The number of anilines is 2. The summed E-state index contributed by atoms with van der Waals surface area (Å²) in [5.41, 5.74) is 8.83. The summed E-state index contributed by atoms with van der Waals surface area (Å²) in [4.78, 5) is 24.5. The van der Waals surface area contributed by atoms with Gasteiger partial charge in [-0.3, -0.25) is 9.59 Å². The third-order valence-electron chi connectivity index (χ3n) is 3.64.